The number of ether oxygens (including phenoxy) is 3. The van der Waals surface area contributed by atoms with Crippen LogP contribution in [0.5, 0.6) is 11.5 Å². The number of carboxylic acid groups (broad SMARTS) is 1. The smallest absolute Gasteiger partial charge is 0.339 e. The van der Waals surface area contributed by atoms with E-state index >= 15 is 0 Å². The lowest BCUT2D eigenvalue weighted by Crippen LogP contribution is -2.12. The maximum atomic E-state index is 11.6. The number of methoxy groups -OCH3 is 1. The van der Waals surface area contributed by atoms with Gasteiger partial charge >= 0.3 is 5.97 Å². The lowest BCUT2D eigenvalue weighted by atomic mass is 9.96. The minimum absolute atomic E-state index is 0.0745. The van der Waals surface area contributed by atoms with Gasteiger partial charge in [0.25, 0.3) is 0 Å². The third kappa shape index (κ3) is 2.80. The Morgan fingerprint density at radius 2 is 2.09 bits per heavy atom. The average Bonchev–Trinajstić information content (AvgIpc) is 2.81. The molecule has 0 aliphatic carbocycles. The summed E-state index contributed by atoms with van der Waals surface area (Å²) in [5, 5.41) is 19.4. The summed E-state index contributed by atoms with van der Waals surface area (Å²) in [5.41, 5.74) is 2.39. The van der Waals surface area contributed by atoms with Gasteiger partial charge in [0.05, 0.1) is 13.7 Å². The lowest BCUT2D eigenvalue weighted by Gasteiger charge is -2.19. The molecule has 0 fully saturated rings. The number of rotatable bonds is 5. The highest BCUT2D eigenvalue weighted by atomic mass is 16.6. The van der Waals surface area contributed by atoms with Crippen molar-refractivity contribution in [1.29, 1.82) is 0 Å². The van der Waals surface area contributed by atoms with Crippen molar-refractivity contribution in [3.8, 4) is 11.5 Å². The highest BCUT2D eigenvalue weighted by Crippen LogP contribution is 2.45. The quantitative estimate of drug-likeness (QED) is 0.813. The van der Waals surface area contributed by atoms with Gasteiger partial charge in [-0.25, -0.2) is 4.79 Å². The first-order valence-corrected chi connectivity index (χ1v) is 6.90. The molecule has 0 amide bonds. The average molecular weight is 308 g/mol. The molecule has 1 atom stereocenters. The minimum atomic E-state index is -1.29. The number of fused-ring (bicyclic) bond motifs is 1. The molecule has 1 aliphatic heterocycles. The molecule has 1 aromatic rings. The normalized spacial score (nSPS) is 16.1. The predicted molar refractivity (Wildman–Crippen MR) is 79.4 cm³/mol. The molecule has 2 rings (SSSR count). The van der Waals surface area contributed by atoms with E-state index in [9.17, 15) is 15.0 Å². The number of carbonyl (C=O) groups is 1. The van der Waals surface area contributed by atoms with Crippen LogP contribution in [0.25, 0.3) is 0 Å². The number of aromatic carboxylic acids is 1. The second kappa shape index (κ2) is 6.37. The second-order valence-corrected chi connectivity index (χ2v) is 5.32. The number of hydrogen-bond acceptors (Lipinski definition) is 5. The van der Waals surface area contributed by atoms with Crippen molar-refractivity contribution >= 4 is 5.97 Å². The van der Waals surface area contributed by atoms with Crippen molar-refractivity contribution in [2.45, 2.75) is 33.7 Å². The van der Waals surface area contributed by atoms with Crippen LogP contribution in [0.2, 0.25) is 0 Å². The third-order valence-electron chi connectivity index (χ3n) is 3.55. The molecule has 0 saturated carbocycles. The van der Waals surface area contributed by atoms with Gasteiger partial charge in [-0.2, -0.15) is 0 Å². The number of hydrogen-bond donors (Lipinski definition) is 2. The summed E-state index contributed by atoms with van der Waals surface area (Å²) in [7, 11) is 1.39. The molecule has 1 heterocycles. The van der Waals surface area contributed by atoms with E-state index in [1.807, 2.05) is 19.9 Å². The van der Waals surface area contributed by atoms with Gasteiger partial charge in [0.2, 0.25) is 0 Å². The van der Waals surface area contributed by atoms with Gasteiger partial charge in [-0.1, -0.05) is 5.57 Å². The van der Waals surface area contributed by atoms with Gasteiger partial charge in [0.15, 0.2) is 6.29 Å². The first kappa shape index (κ1) is 16.3. The van der Waals surface area contributed by atoms with Gasteiger partial charge in [-0.05, 0) is 26.8 Å². The maximum absolute atomic E-state index is 11.6. The lowest BCUT2D eigenvalue weighted by molar-refractivity contribution is -0.0923. The molecule has 1 aromatic carbocycles. The second-order valence-electron chi connectivity index (χ2n) is 5.32. The molecule has 2 N–H and O–H groups in total. The first-order valence-electron chi connectivity index (χ1n) is 6.90. The van der Waals surface area contributed by atoms with Crippen LogP contribution in [-0.4, -0.2) is 29.9 Å². The van der Waals surface area contributed by atoms with Crippen LogP contribution in [0.15, 0.2) is 11.6 Å². The van der Waals surface area contributed by atoms with Crippen molar-refractivity contribution in [1.82, 2.24) is 0 Å². The zero-order valence-electron chi connectivity index (χ0n) is 13.1. The van der Waals surface area contributed by atoms with Gasteiger partial charge in [0.1, 0.15) is 23.7 Å². The summed E-state index contributed by atoms with van der Waals surface area (Å²) in [4.78, 5) is 11.6. The summed E-state index contributed by atoms with van der Waals surface area (Å²) in [6, 6.07) is 0. The summed E-state index contributed by atoms with van der Waals surface area (Å²) in [6.45, 7) is 6.10. The highest BCUT2D eigenvalue weighted by Gasteiger charge is 2.35. The molecule has 0 spiro atoms. The molecule has 6 heteroatoms. The standard InChI is InChI=1S/C16H20O6/c1-8(2)5-6-21-13-9(3)14(20-4)12(15(17)18)11-10(13)7-22-16(11)19/h5,16,19H,6-7H2,1-4H3,(H,17,18)/t16-/m0/s1. The largest absolute Gasteiger partial charge is 0.495 e. The Bertz CT molecular complexity index is 628. The van der Waals surface area contributed by atoms with Gasteiger partial charge in [-0.3, -0.25) is 0 Å². The number of benzene rings is 1. The van der Waals surface area contributed by atoms with Crippen LogP contribution in [0.1, 0.15) is 47.2 Å². The molecular weight excluding hydrogens is 288 g/mol. The van der Waals surface area contributed by atoms with E-state index in [0.717, 1.165) is 5.57 Å². The first-order chi connectivity index (χ1) is 10.4. The summed E-state index contributed by atoms with van der Waals surface area (Å²) < 4.78 is 16.2. The number of aliphatic hydroxyl groups is 1. The monoisotopic (exact) mass is 308 g/mol. The van der Waals surface area contributed by atoms with E-state index in [0.29, 0.717) is 23.5 Å². The van der Waals surface area contributed by atoms with Crippen LogP contribution in [-0.2, 0) is 11.3 Å². The molecule has 1 aliphatic rings. The van der Waals surface area contributed by atoms with E-state index < -0.39 is 12.3 Å². The van der Waals surface area contributed by atoms with E-state index in [2.05, 4.69) is 0 Å². The molecule has 0 aromatic heterocycles. The number of carboxylic acids is 1. The minimum Gasteiger partial charge on any atom is -0.495 e. The van der Waals surface area contributed by atoms with Gasteiger partial charge in [0, 0.05) is 16.7 Å². The van der Waals surface area contributed by atoms with Gasteiger partial charge < -0.3 is 24.4 Å². The van der Waals surface area contributed by atoms with E-state index in [4.69, 9.17) is 14.2 Å². The summed E-state index contributed by atoms with van der Waals surface area (Å²) in [5.74, 6) is -0.481. The highest BCUT2D eigenvalue weighted by molar-refractivity contribution is 5.95. The van der Waals surface area contributed by atoms with E-state index in [-0.39, 0.29) is 23.5 Å². The Morgan fingerprint density at radius 1 is 1.41 bits per heavy atom. The SMILES string of the molecule is COc1c(C)c(OCC=C(C)C)c2c(c1C(=O)O)[C@@H](O)OC2. The fourth-order valence-electron chi connectivity index (χ4n) is 2.53. The van der Waals surface area contributed by atoms with Crippen molar-refractivity contribution < 1.29 is 29.2 Å². The van der Waals surface area contributed by atoms with Crippen LogP contribution in [0.4, 0.5) is 0 Å². The van der Waals surface area contributed by atoms with Crippen LogP contribution in [0.3, 0.4) is 0 Å². The number of allylic oxidation sites excluding steroid dienone is 1. The summed E-state index contributed by atoms with van der Waals surface area (Å²) in [6.07, 6.45) is 0.622. The van der Waals surface area contributed by atoms with Crippen molar-refractivity contribution in [3.05, 3.63) is 33.9 Å². The third-order valence-corrected chi connectivity index (χ3v) is 3.55. The molecule has 6 nitrogen and oxygen atoms in total. The fourth-order valence-corrected chi connectivity index (χ4v) is 2.53. The van der Waals surface area contributed by atoms with E-state index in [1.165, 1.54) is 7.11 Å². The predicted octanol–water partition coefficient (Wildman–Crippen LogP) is 2.57. The van der Waals surface area contributed by atoms with Crippen molar-refractivity contribution in [2.75, 3.05) is 13.7 Å². The van der Waals surface area contributed by atoms with E-state index in [1.54, 1.807) is 6.92 Å². The summed E-state index contributed by atoms with van der Waals surface area (Å²) >= 11 is 0. The molecule has 120 valence electrons. The zero-order valence-corrected chi connectivity index (χ0v) is 13.1. The van der Waals surface area contributed by atoms with Crippen LogP contribution in [0, 0.1) is 6.92 Å². The molecule has 0 bridgehead atoms. The van der Waals surface area contributed by atoms with Crippen LogP contribution < -0.4 is 9.47 Å². The Morgan fingerprint density at radius 3 is 2.64 bits per heavy atom. The number of aliphatic hydroxyl groups excluding tert-OH is 1. The fraction of sp³-hybridized carbons (Fsp3) is 0.438. The molecular formula is C16H20O6. The zero-order chi connectivity index (χ0) is 16.4. The molecule has 22 heavy (non-hydrogen) atoms. The van der Waals surface area contributed by atoms with Crippen LogP contribution >= 0.6 is 0 Å². The Kier molecular flexibility index (Phi) is 4.73. The topological polar surface area (TPSA) is 85.2 Å². The van der Waals surface area contributed by atoms with Crippen molar-refractivity contribution in [3.63, 3.8) is 0 Å². The molecule has 0 radical (unpaired) electrons. The Hall–Kier alpha value is -2.05. The van der Waals surface area contributed by atoms with Gasteiger partial charge in [-0.15, -0.1) is 0 Å². The maximum Gasteiger partial charge on any atom is 0.339 e. The molecule has 0 saturated heterocycles. The Labute approximate surface area is 128 Å². The van der Waals surface area contributed by atoms with Crippen molar-refractivity contribution in [2.24, 2.45) is 0 Å². The Balaban J connectivity index is 2.60. The molecule has 0 unspecified atom stereocenters.